The lowest BCUT2D eigenvalue weighted by Crippen LogP contribution is -2.66. The number of aliphatic hydroxyl groups is 1. The molecule has 1 amide bonds. The Morgan fingerprint density at radius 1 is 1.47 bits per heavy atom. The highest BCUT2D eigenvalue weighted by Crippen LogP contribution is 2.26. The van der Waals surface area contributed by atoms with Gasteiger partial charge in [-0.3, -0.25) is 4.79 Å². The van der Waals surface area contributed by atoms with E-state index in [1.54, 1.807) is 6.92 Å². The van der Waals surface area contributed by atoms with Crippen molar-refractivity contribution in [3.63, 3.8) is 0 Å². The van der Waals surface area contributed by atoms with E-state index in [0.717, 1.165) is 25.9 Å². The van der Waals surface area contributed by atoms with Gasteiger partial charge in [0.15, 0.2) is 6.29 Å². The molecule has 98 valence electrons. The third-order valence-electron chi connectivity index (χ3n) is 3.53. The van der Waals surface area contributed by atoms with E-state index < -0.39 is 6.10 Å². The molecule has 2 fully saturated rings. The highest BCUT2D eigenvalue weighted by atomic mass is 16.7. The standard InChI is InChI=1S/C12H21NO4/c1-7(14)11-10(12(15)13-11)8(2)17-9-5-3-4-6-16-9/h7-11,14H,3-6H2,1-2H3,(H,13,15)/t7-,8+,9?,10+,11+/m0/s1. The summed E-state index contributed by atoms with van der Waals surface area (Å²) in [4.78, 5) is 11.5. The molecule has 2 rings (SSSR count). The summed E-state index contributed by atoms with van der Waals surface area (Å²) in [6, 6.07) is -0.193. The number of hydrogen-bond donors (Lipinski definition) is 2. The maximum Gasteiger partial charge on any atom is 0.228 e. The molecule has 2 saturated heterocycles. The van der Waals surface area contributed by atoms with E-state index in [9.17, 15) is 9.90 Å². The minimum Gasteiger partial charge on any atom is -0.391 e. The minimum atomic E-state index is -0.545. The van der Waals surface area contributed by atoms with Crippen molar-refractivity contribution in [2.75, 3.05) is 6.61 Å². The second-order valence-electron chi connectivity index (χ2n) is 4.94. The summed E-state index contributed by atoms with van der Waals surface area (Å²) in [6.07, 6.45) is 2.12. The summed E-state index contributed by atoms with van der Waals surface area (Å²) in [5.41, 5.74) is 0. The van der Waals surface area contributed by atoms with E-state index in [4.69, 9.17) is 9.47 Å². The summed E-state index contributed by atoms with van der Waals surface area (Å²) in [6.45, 7) is 4.28. The average Bonchev–Trinajstić information content (AvgIpc) is 2.26. The van der Waals surface area contributed by atoms with Crippen LogP contribution in [0.5, 0.6) is 0 Å². The first kappa shape index (κ1) is 12.8. The van der Waals surface area contributed by atoms with Crippen molar-refractivity contribution in [3.05, 3.63) is 0 Å². The number of carbonyl (C=O) groups is 1. The number of carbonyl (C=O) groups excluding carboxylic acids is 1. The van der Waals surface area contributed by atoms with Crippen LogP contribution in [0.1, 0.15) is 33.1 Å². The van der Waals surface area contributed by atoms with Crippen molar-refractivity contribution in [2.45, 2.75) is 57.6 Å². The highest BCUT2D eigenvalue weighted by Gasteiger charge is 2.46. The summed E-state index contributed by atoms with van der Waals surface area (Å²) in [7, 11) is 0. The summed E-state index contributed by atoms with van der Waals surface area (Å²) < 4.78 is 11.2. The van der Waals surface area contributed by atoms with Crippen molar-refractivity contribution in [1.82, 2.24) is 5.32 Å². The Bertz CT molecular complexity index is 276. The molecule has 5 heteroatoms. The fourth-order valence-corrected chi connectivity index (χ4v) is 2.49. The van der Waals surface area contributed by atoms with Crippen LogP contribution in [-0.2, 0) is 14.3 Å². The molecule has 0 spiro atoms. The van der Waals surface area contributed by atoms with Gasteiger partial charge in [0.1, 0.15) is 0 Å². The molecule has 2 aliphatic rings. The molecule has 5 atom stereocenters. The number of ether oxygens (including phenoxy) is 2. The van der Waals surface area contributed by atoms with Crippen LogP contribution >= 0.6 is 0 Å². The fourth-order valence-electron chi connectivity index (χ4n) is 2.49. The van der Waals surface area contributed by atoms with Crippen LogP contribution in [0.15, 0.2) is 0 Å². The summed E-state index contributed by atoms with van der Waals surface area (Å²) in [5, 5.41) is 12.2. The Morgan fingerprint density at radius 3 is 2.76 bits per heavy atom. The van der Waals surface area contributed by atoms with E-state index in [-0.39, 0.29) is 30.3 Å². The molecule has 0 aliphatic carbocycles. The Hall–Kier alpha value is -0.650. The molecule has 17 heavy (non-hydrogen) atoms. The number of rotatable bonds is 4. The minimum absolute atomic E-state index is 0.0424. The lowest BCUT2D eigenvalue weighted by molar-refractivity contribution is -0.205. The van der Waals surface area contributed by atoms with Gasteiger partial charge in [0.05, 0.1) is 24.2 Å². The quantitative estimate of drug-likeness (QED) is 0.702. The number of hydrogen-bond acceptors (Lipinski definition) is 4. The van der Waals surface area contributed by atoms with Crippen molar-refractivity contribution in [1.29, 1.82) is 0 Å². The molecule has 0 saturated carbocycles. The van der Waals surface area contributed by atoms with Crippen molar-refractivity contribution in [3.8, 4) is 0 Å². The number of amides is 1. The SMILES string of the molecule is C[C@H](O)[C@H]1NC(=O)[C@@H]1[C@@H](C)OC1CCCCO1. The molecule has 0 aromatic heterocycles. The van der Waals surface area contributed by atoms with E-state index >= 15 is 0 Å². The normalized spacial score (nSPS) is 36.9. The van der Waals surface area contributed by atoms with Gasteiger partial charge in [-0.15, -0.1) is 0 Å². The topological polar surface area (TPSA) is 67.8 Å². The van der Waals surface area contributed by atoms with Crippen molar-refractivity contribution >= 4 is 5.91 Å². The van der Waals surface area contributed by atoms with Crippen LogP contribution < -0.4 is 5.32 Å². The first-order chi connectivity index (χ1) is 8.09. The number of aliphatic hydroxyl groups excluding tert-OH is 1. The van der Waals surface area contributed by atoms with Gasteiger partial charge in [0.25, 0.3) is 0 Å². The van der Waals surface area contributed by atoms with Crippen molar-refractivity contribution in [2.24, 2.45) is 5.92 Å². The molecule has 0 aromatic rings. The zero-order valence-electron chi connectivity index (χ0n) is 10.4. The van der Waals surface area contributed by atoms with Crippen molar-refractivity contribution < 1.29 is 19.4 Å². The smallest absolute Gasteiger partial charge is 0.228 e. The molecule has 0 radical (unpaired) electrons. The van der Waals surface area contributed by atoms with Gasteiger partial charge in [-0.1, -0.05) is 0 Å². The lowest BCUT2D eigenvalue weighted by Gasteiger charge is -2.42. The first-order valence-corrected chi connectivity index (χ1v) is 6.35. The predicted octanol–water partition coefficient (Wildman–Crippen LogP) is 0.413. The van der Waals surface area contributed by atoms with E-state index in [2.05, 4.69) is 5.32 Å². The van der Waals surface area contributed by atoms with E-state index in [1.165, 1.54) is 0 Å². The van der Waals surface area contributed by atoms with Gasteiger partial charge >= 0.3 is 0 Å². The zero-order valence-corrected chi connectivity index (χ0v) is 10.4. The zero-order chi connectivity index (χ0) is 12.4. The molecular formula is C12H21NO4. The van der Waals surface area contributed by atoms with Crippen LogP contribution in [0.2, 0.25) is 0 Å². The summed E-state index contributed by atoms with van der Waals surface area (Å²) >= 11 is 0. The van der Waals surface area contributed by atoms with E-state index in [1.807, 2.05) is 6.92 Å². The molecule has 0 aromatic carbocycles. The Morgan fingerprint density at radius 2 is 2.24 bits per heavy atom. The van der Waals surface area contributed by atoms with Crippen LogP contribution in [0.3, 0.4) is 0 Å². The van der Waals surface area contributed by atoms with Gasteiger partial charge in [-0.2, -0.15) is 0 Å². The van der Waals surface area contributed by atoms with Gasteiger partial charge in [-0.25, -0.2) is 0 Å². The Labute approximate surface area is 101 Å². The molecule has 2 heterocycles. The monoisotopic (exact) mass is 243 g/mol. The predicted molar refractivity (Wildman–Crippen MR) is 61.2 cm³/mol. The maximum atomic E-state index is 11.5. The molecule has 2 N–H and O–H groups in total. The number of β-lactam (4-membered cyclic amide) rings is 1. The Balaban J connectivity index is 1.85. The molecule has 5 nitrogen and oxygen atoms in total. The van der Waals surface area contributed by atoms with Gasteiger partial charge in [0.2, 0.25) is 5.91 Å². The lowest BCUT2D eigenvalue weighted by atomic mass is 9.83. The van der Waals surface area contributed by atoms with Gasteiger partial charge < -0.3 is 19.9 Å². The third-order valence-corrected chi connectivity index (χ3v) is 3.53. The van der Waals surface area contributed by atoms with Crippen LogP contribution in [-0.4, -0.2) is 42.2 Å². The van der Waals surface area contributed by atoms with Gasteiger partial charge in [0, 0.05) is 6.61 Å². The van der Waals surface area contributed by atoms with E-state index in [0.29, 0.717) is 0 Å². The molecular weight excluding hydrogens is 222 g/mol. The van der Waals surface area contributed by atoms with Crippen LogP contribution in [0.25, 0.3) is 0 Å². The van der Waals surface area contributed by atoms with Crippen LogP contribution in [0.4, 0.5) is 0 Å². The van der Waals surface area contributed by atoms with Crippen LogP contribution in [0, 0.1) is 5.92 Å². The maximum absolute atomic E-state index is 11.5. The molecule has 1 unspecified atom stereocenters. The third kappa shape index (κ3) is 2.78. The second kappa shape index (κ2) is 5.33. The number of nitrogens with one attached hydrogen (secondary N) is 1. The fraction of sp³-hybridized carbons (Fsp3) is 0.917. The molecule has 2 aliphatic heterocycles. The largest absolute Gasteiger partial charge is 0.391 e. The molecule has 0 bridgehead atoms. The summed E-state index contributed by atoms with van der Waals surface area (Å²) in [5.74, 6) is -0.306. The first-order valence-electron chi connectivity index (χ1n) is 6.35. The average molecular weight is 243 g/mol. The second-order valence-corrected chi connectivity index (χ2v) is 4.94. The highest BCUT2D eigenvalue weighted by molar-refractivity contribution is 5.86. The Kier molecular flexibility index (Phi) is 4.01. The van der Waals surface area contributed by atoms with Gasteiger partial charge in [-0.05, 0) is 33.1 Å².